The zero-order valence-corrected chi connectivity index (χ0v) is 16.5. The van der Waals surface area contributed by atoms with Gasteiger partial charge in [0.05, 0.1) is 0 Å². The third-order valence-corrected chi connectivity index (χ3v) is 4.81. The fraction of sp³-hybridized carbons (Fsp3) is 0.476. The smallest absolute Gasteiger partial charge is 0.317 e. The van der Waals surface area contributed by atoms with Crippen molar-refractivity contribution in [2.24, 2.45) is 0 Å². The molecule has 0 radical (unpaired) electrons. The summed E-state index contributed by atoms with van der Waals surface area (Å²) in [6.07, 6.45) is 2.11. The Labute approximate surface area is 161 Å². The number of anilines is 1. The van der Waals surface area contributed by atoms with E-state index < -0.39 is 0 Å². The largest absolute Gasteiger partial charge is 0.353 e. The summed E-state index contributed by atoms with van der Waals surface area (Å²) in [6, 6.07) is 10.3. The maximum absolute atomic E-state index is 12.2. The van der Waals surface area contributed by atoms with Gasteiger partial charge in [-0.3, -0.25) is 0 Å². The summed E-state index contributed by atoms with van der Waals surface area (Å²) >= 11 is 0. The van der Waals surface area contributed by atoms with E-state index in [1.54, 1.807) is 0 Å². The van der Waals surface area contributed by atoms with E-state index in [1.165, 1.54) is 5.56 Å². The van der Waals surface area contributed by atoms with Crippen molar-refractivity contribution < 1.29 is 4.79 Å². The minimum absolute atomic E-state index is 0.0439. The second kappa shape index (κ2) is 8.84. The van der Waals surface area contributed by atoms with Gasteiger partial charge in [0.25, 0.3) is 0 Å². The number of carbonyl (C=O) groups is 1. The molecule has 27 heavy (non-hydrogen) atoms. The molecular formula is C21H29N5O. The molecule has 144 valence electrons. The van der Waals surface area contributed by atoms with Gasteiger partial charge in [-0.25, -0.2) is 14.8 Å². The lowest BCUT2D eigenvalue weighted by Crippen LogP contribution is -2.52. The van der Waals surface area contributed by atoms with Gasteiger partial charge in [-0.1, -0.05) is 37.1 Å². The fourth-order valence-corrected chi connectivity index (χ4v) is 3.25. The molecule has 1 aliphatic rings. The molecular weight excluding hydrogens is 338 g/mol. The van der Waals surface area contributed by atoms with Crippen molar-refractivity contribution in [2.75, 3.05) is 37.6 Å². The van der Waals surface area contributed by atoms with Gasteiger partial charge in [-0.15, -0.1) is 0 Å². The van der Waals surface area contributed by atoms with Crippen LogP contribution in [0.4, 0.5) is 10.6 Å². The Morgan fingerprint density at radius 3 is 2.59 bits per heavy atom. The number of piperazine rings is 1. The summed E-state index contributed by atoms with van der Waals surface area (Å²) in [4.78, 5) is 25.7. The number of amides is 2. The Bertz CT molecular complexity index is 784. The second-order valence-electron chi connectivity index (χ2n) is 7.12. The topological polar surface area (TPSA) is 61.4 Å². The predicted molar refractivity (Wildman–Crippen MR) is 109 cm³/mol. The van der Waals surface area contributed by atoms with Crippen molar-refractivity contribution in [1.82, 2.24) is 20.2 Å². The molecule has 0 bridgehead atoms. The number of nitrogens with one attached hydrogen (secondary N) is 1. The molecule has 1 aliphatic heterocycles. The number of urea groups is 1. The number of benzene rings is 1. The maximum Gasteiger partial charge on any atom is 0.317 e. The minimum Gasteiger partial charge on any atom is -0.353 e. The summed E-state index contributed by atoms with van der Waals surface area (Å²) in [7, 11) is 0. The van der Waals surface area contributed by atoms with Gasteiger partial charge in [-0.2, -0.15) is 0 Å². The molecule has 0 unspecified atom stereocenters. The number of carbonyl (C=O) groups excluding carboxylic acids is 1. The highest BCUT2D eigenvalue weighted by Gasteiger charge is 2.22. The first-order valence-electron chi connectivity index (χ1n) is 9.77. The number of hydrogen-bond donors (Lipinski definition) is 1. The quantitative estimate of drug-likeness (QED) is 0.823. The number of nitrogens with zero attached hydrogens (tertiary/aromatic N) is 4. The minimum atomic E-state index is 0.0439. The van der Waals surface area contributed by atoms with Gasteiger partial charge in [0.1, 0.15) is 5.82 Å². The Hall–Kier alpha value is -2.63. The van der Waals surface area contributed by atoms with Crippen molar-refractivity contribution in [3.8, 4) is 11.4 Å². The molecule has 1 N–H and O–H groups in total. The summed E-state index contributed by atoms with van der Waals surface area (Å²) in [5.74, 6) is 1.69. The Kier molecular flexibility index (Phi) is 6.27. The normalized spacial score (nSPS) is 14.3. The van der Waals surface area contributed by atoms with Gasteiger partial charge in [0.2, 0.25) is 0 Å². The van der Waals surface area contributed by atoms with E-state index in [2.05, 4.69) is 41.2 Å². The molecule has 6 heteroatoms. The predicted octanol–water partition coefficient (Wildman–Crippen LogP) is 3.39. The molecule has 2 heterocycles. The van der Waals surface area contributed by atoms with Crippen LogP contribution in [-0.4, -0.2) is 53.6 Å². The number of aromatic nitrogens is 2. The van der Waals surface area contributed by atoms with Gasteiger partial charge in [-0.05, 0) is 26.3 Å². The van der Waals surface area contributed by atoms with Crippen LogP contribution < -0.4 is 10.2 Å². The first-order chi connectivity index (χ1) is 13.1. The van der Waals surface area contributed by atoms with Crippen molar-refractivity contribution in [1.29, 1.82) is 0 Å². The van der Waals surface area contributed by atoms with E-state index in [0.717, 1.165) is 55.4 Å². The van der Waals surface area contributed by atoms with Crippen LogP contribution in [0.2, 0.25) is 0 Å². The molecule has 1 saturated heterocycles. The molecule has 0 atom stereocenters. The van der Waals surface area contributed by atoms with Crippen LogP contribution in [0.15, 0.2) is 30.3 Å². The Balaban J connectivity index is 1.67. The monoisotopic (exact) mass is 367 g/mol. The Morgan fingerprint density at radius 2 is 1.89 bits per heavy atom. The first-order valence-corrected chi connectivity index (χ1v) is 9.77. The molecule has 0 saturated carbocycles. The number of hydrogen-bond acceptors (Lipinski definition) is 4. The highest BCUT2D eigenvalue weighted by molar-refractivity contribution is 5.74. The van der Waals surface area contributed by atoms with E-state index in [1.807, 2.05) is 30.0 Å². The highest BCUT2D eigenvalue weighted by Crippen LogP contribution is 2.22. The SMILES string of the molecule is CCCCNC(=O)N1CCN(c2cc(C)nc(-c3cccc(C)c3)n2)CC1. The van der Waals surface area contributed by atoms with Crippen molar-refractivity contribution >= 4 is 11.8 Å². The van der Waals surface area contributed by atoms with Gasteiger partial charge < -0.3 is 15.1 Å². The van der Waals surface area contributed by atoms with Crippen molar-refractivity contribution in [3.63, 3.8) is 0 Å². The van der Waals surface area contributed by atoms with Crippen LogP contribution in [-0.2, 0) is 0 Å². The molecule has 1 fully saturated rings. The molecule has 2 amide bonds. The summed E-state index contributed by atoms with van der Waals surface area (Å²) in [6.45, 7) is 9.93. The zero-order valence-electron chi connectivity index (χ0n) is 16.5. The van der Waals surface area contributed by atoms with Crippen LogP contribution in [0.25, 0.3) is 11.4 Å². The summed E-state index contributed by atoms with van der Waals surface area (Å²) < 4.78 is 0. The summed E-state index contributed by atoms with van der Waals surface area (Å²) in [5.41, 5.74) is 3.19. The third-order valence-electron chi connectivity index (χ3n) is 4.81. The van der Waals surface area contributed by atoms with Gasteiger partial charge in [0.15, 0.2) is 5.82 Å². The van der Waals surface area contributed by atoms with Crippen LogP contribution in [0, 0.1) is 13.8 Å². The standard InChI is InChI=1S/C21H29N5O/c1-4-5-9-22-21(27)26-12-10-25(11-13-26)19-15-17(3)23-20(24-19)18-8-6-7-16(2)14-18/h6-8,14-15H,4-5,9-13H2,1-3H3,(H,22,27). The lowest BCUT2D eigenvalue weighted by molar-refractivity contribution is 0.194. The molecule has 2 aromatic rings. The fourth-order valence-electron chi connectivity index (χ4n) is 3.25. The van der Waals surface area contributed by atoms with Crippen LogP contribution in [0.3, 0.4) is 0 Å². The third kappa shape index (κ3) is 4.96. The van der Waals surface area contributed by atoms with E-state index in [0.29, 0.717) is 13.1 Å². The first kappa shape index (κ1) is 19.1. The zero-order chi connectivity index (χ0) is 19.2. The molecule has 0 spiro atoms. The van der Waals surface area contributed by atoms with Crippen LogP contribution in [0.1, 0.15) is 31.0 Å². The molecule has 3 rings (SSSR count). The lowest BCUT2D eigenvalue weighted by Gasteiger charge is -2.35. The number of aryl methyl sites for hydroxylation is 2. The van der Waals surface area contributed by atoms with Crippen LogP contribution >= 0.6 is 0 Å². The van der Waals surface area contributed by atoms with Crippen molar-refractivity contribution in [2.45, 2.75) is 33.6 Å². The van der Waals surface area contributed by atoms with E-state index >= 15 is 0 Å². The number of unbranched alkanes of at least 4 members (excludes halogenated alkanes) is 1. The summed E-state index contributed by atoms with van der Waals surface area (Å²) in [5, 5.41) is 3.00. The highest BCUT2D eigenvalue weighted by atomic mass is 16.2. The lowest BCUT2D eigenvalue weighted by atomic mass is 10.1. The molecule has 1 aromatic carbocycles. The van der Waals surface area contributed by atoms with Gasteiger partial charge in [0, 0.05) is 50.0 Å². The van der Waals surface area contributed by atoms with Gasteiger partial charge >= 0.3 is 6.03 Å². The number of rotatable bonds is 5. The molecule has 1 aromatic heterocycles. The second-order valence-corrected chi connectivity index (χ2v) is 7.12. The van der Waals surface area contributed by atoms with E-state index in [4.69, 9.17) is 4.98 Å². The van der Waals surface area contributed by atoms with Crippen LogP contribution in [0.5, 0.6) is 0 Å². The van der Waals surface area contributed by atoms with E-state index in [9.17, 15) is 4.79 Å². The Morgan fingerprint density at radius 1 is 1.11 bits per heavy atom. The van der Waals surface area contributed by atoms with Crippen molar-refractivity contribution in [3.05, 3.63) is 41.6 Å². The molecule has 6 nitrogen and oxygen atoms in total. The van der Waals surface area contributed by atoms with E-state index in [-0.39, 0.29) is 6.03 Å². The maximum atomic E-state index is 12.2. The average Bonchev–Trinajstić information content (AvgIpc) is 2.68. The average molecular weight is 367 g/mol. The molecule has 0 aliphatic carbocycles.